The van der Waals surface area contributed by atoms with Crippen molar-refractivity contribution in [3.05, 3.63) is 68.7 Å². The standard InChI is InChI=1S/C21H21Cl2N3O2/c22-14-8-13(9-15(23)10-14)12-26-6-4-16(5-7-26)25-21(28)18-3-1-2-17-19(18)11-24-20(17)27/h1-3,8-10,16H,4-7,11-12H2,(H,24,27)(H,25,28). The number of nitrogens with zero attached hydrogens (tertiary/aromatic N) is 1. The van der Waals surface area contributed by atoms with Gasteiger partial charge in [-0.1, -0.05) is 29.3 Å². The van der Waals surface area contributed by atoms with Gasteiger partial charge in [-0.05, 0) is 54.3 Å². The highest BCUT2D eigenvalue weighted by atomic mass is 35.5. The number of hydrogen-bond acceptors (Lipinski definition) is 3. The van der Waals surface area contributed by atoms with Crippen LogP contribution in [0, 0.1) is 0 Å². The summed E-state index contributed by atoms with van der Waals surface area (Å²) in [6.45, 7) is 2.99. The van der Waals surface area contributed by atoms with Gasteiger partial charge in [0.15, 0.2) is 0 Å². The van der Waals surface area contributed by atoms with Crippen LogP contribution in [0.1, 0.15) is 44.7 Å². The minimum atomic E-state index is -0.112. The summed E-state index contributed by atoms with van der Waals surface area (Å²) in [7, 11) is 0. The predicted molar refractivity (Wildman–Crippen MR) is 110 cm³/mol. The molecule has 2 N–H and O–H groups in total. The highest BCUT2D eigenvalue weighted by molar-refractivity contribution is 6.34. The molecule has 0 atom stereocenters. The summed E-state index contributed by atoms with van der Waals surface area (Å²) in [6.07, 6.45) is 1.76. The largest absolute Gasteiger partial charge is 0.349 e. The van der Waals surface area contributed by atoms with Crippen LogP contribution in [0.2, 0.25) is 10.0 Å². The SMILES string of the molecule is O=C1NCc2c1cccc2C(=O)NC1CCN(Cc2cc(Cl)cc(Cl)c2)CC1. The first kappa shape index (κ1) is 19.2. The highest BCUT2D eigenvalue weighted by Gasteiger charge is 2.26. The Kier molecular flexibility index (Phi) is 5.58. The van der Waals surface area contributed by atoms with Gasteiger partial charge in [0.05, 0.1) is 0 Å². The molecule has 7 heteroatoms. The number of rotatable bonds is 4. The van der Waals surface area contributed by atoms with Crippen LogP contribution >= 0.6 is 23.2 Å². The molecule has 0 unspecified atom stereocenters. The fourth-order valence-corrected chi connectivity index (χ4v) is 4.50. The lowest BCUT2D eigenvalue weighted by molar-refractivity contribution is 0.0907. The summed E-state index contributed by atoms with van der Waals surface area (Å²) in [5.41, 5.74) is 3.08. The van der Waals surface area contributed by atoms with E-state index >= 15 is 0 Å². The molecule has 0 radical (unpaired) electrons. The molecule has 2 heterocycles. The van der Waals surface area contributed by atoms with Crippen LogP contribution in [0.4, 0.5) is 0 Å². The monoisotopic (exact) mass is 417 g/mol. The van der Waals surface area contributed by atoms with Crippen LogP contribution in [0.15, 0.2) is 36.4 Å². The number of halogens is 2. The second-order valence-electron chi connectivity index (χ2n) is 7.32. The lowest BCUT2D eigenvalue weighted by atomic mass is 10.0. The Morgan fingerprint density at radius 2 is 1.86 bits per heavy atom. The topological polar surface area (TPSA) is 61.4 Å². The number of carbonyl (C=O) groups is 2. The Morgan fingerprint density at radius 1 is 1.14 bits per heavy atom. The molecule has 28 heavy (non-hydrogen) atoms. The van der Waals surface area contributed by atoms with Crippen LogP contribution < -0.4 is 10.6 Å². The third-order valence-corrected chi connectivity index (χ3v) is 5.78. The molecule has 0 aliphatic carbocycles. The van der Waals surface area contributed by atoms with E-state index in [1.807, 2.05) is 12.1 Å². The van der Waals surface area contributed by atoms with Gasteiger partial charge in [-0.25, -0.2) is 0 Å². The maximum absolute atomic E-state index is 12.7. The smallest absolute Gasteiger partial charge is 0.251 e. The molecular weight excluding hydrogens is 397 g/mol. The summed E-state index contributed by atoms with van der Waals surface area (Å²) in [6, 6.07) is 11.0. The van der Waals surface area contributed by atoms with Crippen molar-refractivity contribution < 1.29 is 9.59 Å². The van der Waals surface area contributed by atoms with Crippen molar-refractivity contribution >= 4 is 35.0 Å². The van der Waals surface area contributed by atoms with Crippen LogP contribution in [0.25, 0.3) is 0 Å². The molecule has 5 nitrogen and oxygen atoms in total. The summed E-state index contributed by atoms with van der Waals surface area (Å²) < 4.78 is 0. The molecule has 2 aliphatic heterocycles. The Morgan fingerprint density at radius 3 is 2.57 bits per heavy atom. The number of benzene rings is 2. The fourth-order valence-electron chi connectivity index (χ4n) is 3.93. The van der Waals surface area contributed by atoms with E-state index < -0.39 is 0 Å². The van der Waals surface area contributed by atoms with Gasteiger partial charge >= 0.3 is 0 Å². The molecule has 4 rings (SSSR count). The fraction of sp³-hybridized carbons (Fsp3) is 0.333. The molecule has 0 saturated carbocycles. The molecule has 2 aromatic carbocycles. The minimum Gasteiger partial charge on any atom is -0.349 e. The molecule has 0 spiro atoms. The molecule has 0 aromatic heterocycles. The summed E-state index contributed by atoms with van der Waals surface area (Å²) >= 11 is 12.2. The van der Waals surface area contributed by atoms with Crippen molar-refractivity contribution in [1.29, 1.82) is 0 Å². The lowest BCUT2D eigenvalue weighted by Crippen LogP contribution is -2.44. The Hall–Kier alpha value is -2.08. The molecule has 2 amide bonds. The van der Waals surface area contributed by atoms with Gasteiger partial charge in [0.2, 0.25) is 0 Å². The zero-order valence-electron chi connectivity index (χ0n) is 15.3. The quantitative estimate of drug-likeness (QED) is 0.797. The van der Waals surface area contributed by atoms with Crippen molar-refractivity contribution in [2.24, 2.45) is 0 Å². The summed E-state index contributed by atoms with van der Waals surface area (Å²) in [4.78, 5) is 26.9. The minimum absolute atomic E-state index is 0.103. The van der Waals surface area contributed by atoms with Gasteiger partial charge in [-0.2, -0.15) is 0 Å². The van der Waals surface area contributed by atoms with Crippen LogP contribution in [0.3, 0.4) is 0 Å². The van der Waals surface area contributed by atoms with Crippen molar-refractivity contribution in [2.75, 3.05) is 13.1 Å². The first-order chi connectivity index (χ1) is 13.5. The third-order valence-electron chi connectivity index (χ3n) is 5.34. The molecular formula is C21H21Cl2N3O2. The first-order valence-electron chi connectivity index (χ1n) is 9.38. The van der Waals surface area contributed by atoms with E-state index in [1.165, 1.54) is 0 Å². The van der Waals surface area contributed by atoms with E-state index in [2.05, 4.69) is 15.5 Å². The van der Waals surface area contributed by atoms with Crippen molar-refractivity contribution in [3.8, 4) is 0 Å². The van der Waals surface area contributed by atoms with Crippen molar-refractivity contribution in [1.82, 2.24) is 15.5 Å². The maximum Gasteiger partial charge on any atom is 0.251 e. The van der Waals surface area contributed by atoms with Gasteiger partial charge in [0, 0.05) is 53.4 Å². The number of hydrogen-bond donors (Lipinski definition) is 2. The summed E-state index contributed by atoms with van der Waals surface area (Å²) in [5, 5.41) is 7.20. The average Bonchev–Trinajstić information content (AvgIpc) is 3.04. The van der Waals surface area contributed by atoms with Crippen molar-refractivity contribution in [2.45, 2.75) is 32.0 Å². The third kappa shape index (κ3) is 4.17. The molecule has 2 aliphatic rings. The number of nitrogens with one attached hydrogen (secondary N) is 2. The number of piperidine rings is 1. The normalized spacial score (nSPS) is 17.3. The number of fused-ring (bicyclic) bond motifs is 1. The summed E-state index contributed by atoms with van der Waals surface area (Å²) in [5.74, 6) is -0.215. The van der Waals surface area contributed by atoms with Gasteiger partial charge in [-0.15, -0.1) is 0 Å². The van der Waals surface area contributed by atoms with E-state index in [4.69, 9.17) is 23.2 Å². The zero-order chi connectivity index (χ0) is 19.7. The van der Waals surface area contributed by atoms with Crippen molar-refractivity contribution in [3.63, 3.8) is 0 Å². The molecule has 0 bridgehead atoms. The maximum atomic E-state index is 12.7. The van der Waals surface area contributed by atoms with E-state index in [0.29, 0.717) is 27.7 Å². The molecule has 1 fully saturated rings. The Labute approximate surface area is 174 Å². The van der Waals surface area contributed by atoms with E-state index in [1.54, 1.807) is 24.3 Å². The average molecular weight is 418 g/mol. The van der Waals surface area contributed by atoms with Gasteiger partial charge in [-0.3, -0.25) is 14.5 Å². The lowest BCUT2D eigenvalue weighted by Gasteiger charge is -2.32. The number of carbonyl (C=O) groups excluding carboxylic acids is 2. The van der Waals surface area contributed by atoms with Gasteiger partial charge in [0.25, 0.3) is 11.8 Å². The Balaban J connectivity index is 1.34. The second-order valence-corrected chi connectivity index (χ2v) is 8.19. The zero-order valence-corrected chi connectivity index (χ0v) is 16.8. The van der Waals surface area contributed by atoms with E-state index in [0.717, 1.165) is 43.6 Å². The van der Waals surface area contributed by atoms with E-state index in [-0.39, 0.29) is 17.9 Å². The van der Waals surface area contributed by atoms with Crippen LogP contribution in [0.5, 0.6) is 0 Å². The highest BCUT2D eigenvalue weighted by Crippen LogP contribution is 2.23. The first-order valence-corrected chi connectivity index (χ1v) is 10.1. The molecule has 2 aromatic rings. The number of likely N-dealkylation sites (tertiary alicyclic amines) is 1. The van der Waals surface area contributed by atoms with Crippen LogP contribution in [-0.4, -0.2) is 35.8 Å². The molecule has 1 saturated heterocycles. The van der Waals surface area contributed by atoms with Crippen LogP contribution in [-0.2, 0) is 13.1 Å². The second kappa shape index (κ2) is 8.11. The predicted octanol–water partition coefficient (Wildman–Crippen LogP) is 3.63. The Bertz CT molecular complexity index is 904. The number of amides is 2. The van der Waals surface area contributed by atoms with E-state index in [9.17, 15) is 9.59 Å². The van der Waals surface area contributed by atoms with Gasteiger partial charge < -0.3 is 10.6 Å². The molecule has 146 valence electrons. The van der Waals surface area contributed by atoms with Gasteiger partial charge in [0.1, 0.15) is 0 Å².